The molecule has 0 heterocycles. The van der Waals surface area contributed by atoms with Crippen LogP contribution in [0.25, 0.3) is 0 Å². The van der Waals surface area contributed by atoms with E-state index in [0.717, 1.165) is 37.5 Å². The molecule has 5 rings (SSSR count). The van der Waals surface area contributed by atoms with Crippen molar-refractivity contribution in [1.29, 1.82) is 0 Å². The highest BCUT2D eigenvalue weighted by Gasteiger charge is 2.51. The predicted molar refractivity (Wildman–Crippen MR) is 102 cm³/mol. The third-order valence-electron chi connectivity index (χ3n) is 6.51. The van der Waals surface area contributed by atoms with Gasteiger partial charge in [-0.3, -0.25) is 4.79 Å². The van der Waals surface area contributed by atoms with E-state index in [-0.39, 0.29) is 10.4 Å². The van der Waals surface area contributed by atoms with Crippen LogP contribution in [0.15, 0.2) is 23.1 Å². The molecular formula is C20H25FN2O5S. The molecule has 1 amide bonds. The largest absolute Gasteiger partial charge is 0.452 e. The zero-order valence-electron chi connectivity index (χ0n) is 16.2. The van der Waals surface area contributed by atoms with Crippen LogP contribution in [0, 0.1) is 23.6 Å². The first-order chi connectivity index (χ1) is 13.7. The lowest BCUT2D eigenvalue weighted by atomic mass is 9.53. The Balaban J connectivity index is 1.39. The van der Waals surface area contributed by atoms with Gasteiger partial charge >= 0.3 is 5.97 Å². The monoisotopic (exact) mass is 424 g/mol. The highest BCUT2D eigenvalue weighted by Crippen LogP contribution is 2.55. The average Bonchev–Trinajstić information content (AvgIpc) is 2.64. The van der Waals surface area contributed by atoms with Crippen LogP contribution < -0.4 is 10.0 Å². The number of esters is 1. The van der Waals surface area contributed by atoms with E-state index in [0.29, 0.717) is 17.8 Å². The lowest BCUT2D eigenvalue weighted by Crippen LogP contribution is -2.60. The van der Waals surface area contributed by atoms with Crippen LogP contribution in [0.1, 0.15) is 48.9 Å². The molecule has 0 aromatic heterocycles. The maximum Gasteiger partial charge on any atom is 0.341 e. The fraction of sp³-hybridized carbons (Fsp3) is 0.600. The quantitative estimate of drug-likeness (QED) is 0.680. The first kappa shape index (κ1) is 20.3. The highest BCUT2D eigenvalue weighted by atomic mass is 32.2. The predicted octanol–water partition coefficient (Wildman–Crippen LogP) is 1.98. The molecule has 1 aromatic rings. The standard InChI is InChI=1S/C20H25FN2O5S/c1-22-29(26,27)15-2-3-17(21)16(7-15)19(25)28-11-18(24)23-20-8-12-4-13(9-20)6-14(5-12)10-20/h2-3,7,12-14,22H,4-6,8-11H2,1H3,(H,23,24). The summed E-state index contributed by atoms with van der Waals surface area (Å²) in [5, 5.41) is 3.07. The van der Waals surface area contributed by atoms with Crippen molar-refractivity contribution in [2.45, 2.75) is 49.0 Å². The van der Waals surface area contributed by atoms with E-state index in [1.54, 1.807) is 0 Å². The average molecular weight is 424 g/mol. The van der Waals surface area contributed by atoms with Gasteiger partial charge in [0.05, 0.1) is 10.5 Å². The number of halogens is 1. The number of hydrogen-bond donors (Lipinski definition) is 2. The van der Waals surface area contributed by atoms with Crippen LogP contribution in [-0.4, -0.2) is 39.5 Å². The molecule has 0 atom stereocenters. The SMILES string of the molecule is CNS(=O)(=O)c1ccc(F)c(C(=O)OCC(=O)NC23CC4CC(CC(C4)C2)C3)c1. The van der Waals surface area contributed by atoms with Gasteiger partial charge in [-0.2, -0.15) is 0 Å². The molecule has 4 aliphatic carbocycles. The summed E-state index contributed by atoms with van der Waals surface area (Å²) in [4.78, 5) is 24.4. The molecule has 0 aliphatic heterocycles. The smallest absolute Gasteiger partial charge is 0.341 e. The van der Waals surface area contributed by atoms with E-state index >= 15 is 0 Å². The van der Waals surface area contributed by atoms with Crippen molar-refractivity contribution in [3.05, 3.63) is 29.6 Å². The van der Waals surface area contributed by atoms with Crippen molar-refractivity contribution in [2.75, 3.05) is 13.7 Å². The molecule has 9 heteroatoms. The van der Waals surface area contributed by atoms with Crippen molar-refractivity contribution < 1.29 is 27.1 Å². The minimum absolute atomic E-state index is 0.204. The molecule has 2 N–H and O–H groups in total. The molecule has 158 valence electrons. The molecule has 0 radical (unpaired) electrons. The molecular weight excluding hydrogens is 399 g/mol. The summed E-state index contributed by atoms with van der Waals surface area (Å²) >= 11 is 0. The van der Waals surface area contributed by atoms with Crippen molar-refractivity contribution in [3.8, 4) is 0 Å². The van der Waals surface area contributed by atoms with Gasteiger partial charge in [0.1, 0.15) is 5.82 Å². The molecule has 4 fully saturated rings. The summed E-state index contributed by atoms with van der Waals surface area (Å²) in [7, 11) is -2.62. The molecule has 7 nitrogen and oxygen atoms in total. The van der Waals surface area contributed by atoms with Gasteiger partial charge in [-0.05, 0) is 81.5 Å². The first-order valence-corrected chi connectivity index (χ1v) is 11.4. The summed E-state index contributed by atoms with van der Waals surface area (Å²) in [5.41, 5.74) is -0.728. The van der Waals surface area contributed by atoms with Crippen LogP contribution in [0.2, 0.25) is 0 Å². The molecule has 0 saturated heterocycles. The van der Waals surface area contributed by atoms with Gasteiger partial charge in [0.2, 0.25) is 10.0 Å². The Kier molecular flexibility index (Phi) is 5.14. The first-order valence-electron chi connectivity index (χ1n) is 9.91. The van der Waals surface area contributed by atoms with E-state index in [9.17, 15) is 22.4 Å². The summed E-state index contributed by atoms with van der Waals surface area (Å²) < 4.78 is 44.8. The summed E-state index contributed by atoms with van der Waals surface area (Å²) in [6.07, 6.45) is 6.64. The molecule has 4 bridgehead atoms. The lowest BCUT2D eigenvalue weighted by Gasteiger charge is -2.56. The Labute approximate surface area is 169 Å². The fourth-order valence-electron chi connectivity index (χ4n) is 5.75. The maximum atomic E-state index is 14.0. The van der Waals surface area contributed by atoms with E-state index in [2.05, 4.69) is 10.0 Å². The highest BCUT2D eigenvalue weighted by molar-refractivity contribution is 7.89. The van der Waals surface area contributed by atoms with E-state index < -0.39 is 39.9 Å². The van der Waals surface area contributed by atoms with Crippen LogP contribution in [-0.2, 0) is 19.6 Å². The summed E-state index contributed by atoms with van der Waals surface area (Å²) in [6.45, 7) is -0.525. The number of nitrogens with one attached hydrogen (secondary N) is 2. The van der Waals surface area contributed by atoms with Crippen molar-refractivity contribution in [1.82, 2.24) is 10.0 Å². The van der Waals surface area contributed by atoms with Crippen molar-refractivity contribution in [3.63, 3.8) is 0 Å². The number of carbonyl (C=O) groups is 2. The van der Waals surface area contributed by atoms with E-state index in [4.69, 9.17) is 4.74 Å². The summed E-state index contributed by atoms with van der Waals surface area (Å²) in [5.74, 6) is -0.400. The maximum absolute atomic E-state index is 14.0. The second-order valence-electron chi connectivity index (χ2n) is 8.67. The fourth-order valence-corrected chi connectivity index (χ4v) is 6.51. The van der Waals surface area contributed by atoms with Crippen LogP contribution >= 0.6 is 0 Å². The molecule has 1 aromatic carbocycles. The Morgan fingerprint density at radius 1 is 1.14 bits per heavy atom. The normalized spacial score (nSPS) is 30.2. The number of sulfonamides is 1. The number of rotatable bonds is 6. The van der Waals surface area contributed by atoms with Crippen molar-refractivity contribution in [2.24, 2.45) is 17.8 Å². The number of amides is 1. The Hall–Kier alpha value is -2.00. The van der Waals surface area contributed by atoms with Gasteiger partial charge in [0.25, 0.3) is 5.91 Å². The third-order valence-corrected chi connectivity index (χ3v) is 7.93. The second kappa shape index (κ2) is 7.36. The number of benzene rings is 1. The third kappa shape index (κ3) is 4.02. The molecule has 0 unspecified atom stereocenters. The van der Waals surface area contributed by atoms with E-state index in [1.807, 2.05) is 0 Å². The van der Waals surface area contributed by atoms with Gasteiger partial charge < -0.3 is 10.1 Å². The zero-order valence-corrected chi connectivity index (χ0v) is 17.1. The van der Waals surface area contributed by atoms with Gasteiger partial charge in [-0.25, -0.2) is 22.3 Å². The number of ether oxygens (including phenoxy) is 1. The molecule has 4 aliphatic rings. The Morgan fingerprint density at radius 3 is 2.28 bits per heavy atom. The van der Waals surface area contributed by atoms with Gasteiger partial charge in [-0.1, -0.05) is 0 Å². The summed E-state index contributed by atoms with van der Waals surface area (Å²) in [6, 6.07) is 2.84. The number of carbonyl (C=O) groups excluding carboxylic acids is 2. The van der Waals surface area contributed by atoms with Gasteiger partial charge in [0, 0.05) is 5.54 Å². The van der Waals surface area contributed by atoms with Crippen LogP contribution in [0.4, 0.5) is 4.39 Å². The van der Waals surface area contributed by atoms with Gasteiger partial charge in [0.15, 0.2) is 6.61 Å². The molecule has 29 heavy (non-hydrogen) atoms. The second-order valence-corrected chi connectivity index (χ2v) is 10.6. The molecule has 4 saturated carbocycles. The lowest BCUT2D eigenvalue weighted by molar-refractivity contribution is -0.130. The Morgan fingerprint density at radius 2 is 1.72 bits per heavy atom. The van der Waals surface area contributed by atoms with E-state index in [1.165, 1.54) is 26.3 Å². The topological polar surface area (TPSA) is 102 Å². The van der Waals surface area contributed by atoms with Gasteiger partial charge in [-0.15, -0.1) is 0 Å². The molecule has 0 spiro atoms. The van der Waals surface area contributed by atoms with Crippen LogP contribution in [0.3, 0.4) is 0 Å². The minimum Gasteiger partial charge on any atom is -0.452 e. The minimum atomic E-state index is -3.84. The number of hydrogen-bond acceptors (Lipinski definition) is 5. The van der Waals surface area contributed by atoms with Crippen LogP contribution in [0.5, 0.6) is 0 Å². The zero-order chi connectivity index (χ0) is 20.8. The van der Waals surface area contributed by atoms with Crippen molar-refractivity contribution >= 4 is 21.9 Å². The Bertz CT molecular complexity index is 911.